The number of nitrogens with zero attached hydrogens (tertiary/aromatic N) is 3. The van der Waals surface area contributed by atoms with Gasteiger partial charge in [-0.3, -0.25) is 10.00 Å². The van der Waals surface area contributed by atoms with Gasteiger partial charge in [-0.15, -0.1) is 0 Å². The lowest BCUT2D eigenvalue weighted by Gasteiger charge is -2.34. The molecule has 8 nitrogen and oxygen atoms in total. The van der Waals surface area contributed by atoms with Crippen LogP contribution in [0.2, 0.25) is 0 Å². The number of fused-ring (bicyclic) bond motifs is 2. The van der Waals surface area contributed by atoms with E-state index < -0.39 is 43.0 Å². The highest BCUT2D eigenvalue weighted by Gasteiger charge is 2.48. The molecule has 0 spiro atoms. The molecule has 1 amide bonds. The van der Waals surface area contributed by atoms with E-state index in [1.54, 1.807) is 6.20 Å². The quantitative estimate of drug-likeness (QED) is 0.512. The number of aliphatic imine (C=N–C) groups is 1. The van der Waals surface area contributed by atoms with Gasteiger partial charge < -0.3 is 15.4 Å². The van der Waals surface area contributed by atoms with E-state index in [9.17, 15) is 18.0 Å². The van der Waals surface area contributed by atoms with Crippen LogP contribution in [0.3, 0.4) is 0 Å². The van der Waals surface area contributed by atoms with Crippen molar-refractivity contribution in [3.05, 3.63) is 71.3 Å². The molecule has 1 saturated carbocycles. The van der Waals surface area contributed by atoms with Crippen LogP contribution in [0.5, 0.6) is 0 Å². The third kappa shape index (κ3) is 4.17. The summed E-state index contributed by atoms with van der Waals surface area (Å²) < 4.78 is 45.8. The van der Waals surface area contributed by atoms with Crippen molar-refractivity contribution in [2.45, 2.75) is 44.1 Å². The molecule has 3 heterocycles. The van der Waals surface area contributed by atoms with Crippen molar-refractivity contribution in [3.8, 4) is 0 Å². The molecule has 0 radical (unpaired) electrons. The molecule has 3 aromatic rings. The standard InChI is InChI=1S/C24H21F3N6O2/c25-19-10-28-21(31-22(19)30-17-3-4-20-15(6-17)9-29-32-20)13-1-2-14-11-33(12-16(14)5-13)23(34)35-18-7-24(26,27)8-18/h1-6,9-10,18,22,30H,7-8,11-12H2,(H,28,31)(H,29,32). The monoisotopic (exact) mass is 482 g/mol. The number of carbonyl (C=O) groups excluding carboxylic acids is 1. The van der Waals surface area contributed by atoms with Gasteiger partial charge in [0.15, 0.2) is 12.0 Å². The van der Waals surface area contributed by atoms with Gasteiger partial charge in [-0.25, -0.2) is 23.0 Å². The maximum Gasteiger partial charge on any atom is 0.410 e. The van der Waals surface area contributed by atoms with E-state index in [-0.39, 0.29) is 0 Å². The van der Waals surface area contributed by atoms with Crippen molar-refractivity contribution < 1.29 is 22.7 Å². The number of alkyl halides is 2. The minimum Gasteiger partial charge on any atom is -0.446 e. The molecule has 1 fully saturated rings. The molecular weight excluding hydrogens is 461 g/mol. The number of H-pyrrole nitrogens is 1. The van der Waals surface area contributed by atoms with Gasteiger partial charge in [0.2, 0.25) is 0 Å². The summed E-state index contributed by atoms with van der Waals surface area (Å²) in [5.41, 5.74) is 4.14. The summed E-state index contributed by atoms with van der Waals surface area (Å²) in [5.74, 6) is -2.72. The number of ether oxygens (including phenoxy) is 1. The maximum atomic E-state index is 14.5. The van der Waals surface area contributed by atoms with Crippen LogP contribution < -0.4 is 10.6 Å². The minimum atomic E-state index is -2.74. The highest BCUT2D eigenvalue weighted by molar-refractivity contribution is 6.00. The summed E-state index contributed by atoms with van der Waals surface area (Å²) in [6, 6.07) is 11.1. The van der Waals surface area contributed by atoms with Crippen molar-refractivity contribution in [1.29, 1.82) is 0 Å². The molecule has 35 heavy (non-hydrogen) atoms. The summed E-state index contributed by atoms with van der Waals surface area (Å²) in [7, 11) is 0. The van der Waals surface area contributed by atoms with Gasteiger partial charge in [-0.05, 0) is 35.4 Å². The molecule has 1 unspecified atom stereocenters. The number of hydrogen-bond donors (Lipinski definition) is 3. The Morgan fingerprint density at radius 2 is 1.97 bits per heavy atom. The molecule has 1 aliphatic carbocycles. The molecule has 1 atom stereocenters. The van der Waals surface area contributed by atoms with Crippen molar-refractivity contribution in [2.24, 2.45) is 4.99 Å². The zero-order chi connectivity index (χ0) is 24.2. The molecule has 2 aliphatic heterocycles. The first-order valence-electron chi connectivity index (χ1n) is 11.2. The Labute approximate surface area is 197 Å². The molecule has 3 N–H and O–H groups in total. The van der Waals surface area contributed by atoms with Crippen molar-refractivity contribution >= 4 is 28.5 Å². The van der Waals surface area contributed by atoms with E-state index >= 15 is 0 Å². The number of benzene rings is 2. The molecule has 0 bridgehead atoms. The van der Waals surface area contributed by atoms with Crippen molar-refractivity contribution in [1.82, 2.24) is 20.4 Å². The zero-order valence-corrected chi connectivity index (χ0v) is 18.4. The number of aromatic nitrogens is 2. The van der Waals surface area contributed by atoms with E-state index in [0.29, 0.717) is 24.6 Å². The number of carbonyl (C=O) groups is 1. The number of anilines is 1. The highest BCUT2D eigenvalue weighted by atomic mass is 19.3. The topological polar surface area (TPSA) is 94.6 Å². The van der Waals surface area contributed by atoms with Gasteiger partial charge in [0.05, 0.1) is 11.7 Å². The third-order valence-corrected chi connectivity index (χ3v) is 6.39. The molecule has 2 aromatic carbocycles. The predicted molar refractivity (Wildman–Crippen MR) is 123 cm³/mol. The Kier molecular flexibility index (Phi) is 4.94. The van der Waals surface area contributed by atoms with Crippen LogP contribution in [-0.4, -0.2) is 45.2 Å². The van der Waals surface area contributed by atoms with Crippen LogP contribution in [-0.2, 0) is 17.8 Å². The second-order valence-corrected chi connectivity index (χ2v) is 8.98. The second kappa shape index (κ2) is 8.03. The summed E-state index contributed by atoms with van der Waals surface area (Å²) in [4.78, 5) is 18.4. The van der Waals surface area contributed by atoms with Crippen molar-refractivity contribution in [3.63, 3.8) is 0 Å². The fourth-order valence-corrected chi connectivity index (χ4v) is 4.47. The Morgan fingerprint density at radius 1 is 1.14 bits per heavy atom. The SMILES string of the molecule is O=C(OC1CC(F)(F)C1)N1Cc2ccc(C3=NC(Nc4ccc5[nH]ncc5c4)C(F)=CN3)cc2C1. The normalized spacial score (nSPS) is 21.0. The number of aromatic amines is 1. The number of rotatable bonds is 4. The highest BCUT2D eigenvalue weighted by Crippen LogP contribution is 2.40. The average Bonchev–Trinajstić information content (AvgIpc) is 3.45. The van der Waals surface area contributed by atoms with E-state index in [2.05, 4.69) is 25.8 Å². The van der Waals surface area contributed by atoms with Gasteiger partial charge in [0, 0.05) is 48.8 Å². The molecule has 11 heteroatoms. The lowest BCUT2D eigenvalue weighted by molar-refractivity contribution is -0.148. The average molecular weight is 482 g/mol. The first-order chi connectivity index (χ1) is 16.8. The third-order valence-electron chi connectivity index (χ3n) is 6.39. The Hall–Kier alpha value is -4.02. The smallest absolute Gasteiger partial charge is 0.410 e. The Morgan fingerprint density at radius 3 is 2.80 bits per heavy atom. The van der Waals surface area contributed by atoms with Crippen LogP contribution in [0, 0.1) is 0 Å². The largest absolute Gasteiger partial charge is 0.446 e. The van der Waals surface area contributed by atoms with Gasteiger partial charge in [0.25, 0.3) is 5.92 Å². The molecular formula is C24H21F3N6O2. The second-order valence-electron chi connectivity index (χ2n) is 8.98. The molecule has 1 aromatic heterocycles. The number of nitrogens with one attached hydrogen (secondary N) is 3. The van der Waals surface area contributed by atoms with Gasteiger partial charge in [-0.2, -0.15) is 5.10 Å². The van der Waals surface area contributed by atoms with Gasteiger partial charge in [0.1, 0.15) is 11.9 Å². The lowest BCUT2D eigenvalue weighted by atomic mass is 9.91. The zero-order valence-electron chi connectivity index (χ0n) is 18.4. The predicted octanol–water partition coefficient (Wildman–Crippen LogP) is 4.41. The lowest BCUT2D eigenvalue weighted by Crippen LogP contribution is -2.44. The fraction of sp³-hybridized carbons (Fsp3) is 0.292. The Balaban J connectivity index is 1.15. The van der Waals surface area contributed by atoms with Gasteiger partial charge >= 0.3 is 6.09 Å². The van der Waals surface area contributed by atoms with E-state index in [4.69, 9.17) is 4.74 Å². The maximum absolute atomic E-state index is 14.5. The van der Waals surface area contributed by atoms with Gasteiger partial charge in [-0.1, -0.05) is 12.1 Å². The molecule has 6 rings (SSSR count). The van der Waals surface area contributed by atoms with Crippen molar-refractivity contribution in [2.75, 3.05) is 5.32 Å². The van der Waals surface area contributed by atoms with Crippen LogP contribution in [0.15, 0.2) is 59.6 Å². The summed E-state index contributed by atoms with van der Waals surface area (Å²) >= 11 is 0. The minimum absolute atomic E-state index is 0.301. The molecule has 0 saturated heterocycles. The van der Waals surface area contributed by atoms with Crippen LogP contribution in [0.25, 0.3) is 10.9 Å². The molecule has 3 aliphatic rings. The van der Waals surface area contributed by atoms with E-state index in [1.165, 1.54) is 11.1 Å². The van der Waals surface area contributed by atoms with E-state index in [1.807, 2.05) is 36.4 Å². The number of hydrogen-bond acceptors (Lipinski definition) is 6. The fourth-order valence-electron chi connectivity index (χ4n) is 4.47. The summed E-state index contributed by atoms with van der Waals surface area (Å²) in [6.45, 7) is 0.641. The summed E-state index contributed by atoms with van der Waals surface area (Å²) in [6.07, 6.45) is -0.139. The molecule has 180 valence electrons. The summed E-state index contributed by atoms with van der Waals surface area (Å²) in [5, 5.41) is 13.7. The Bertz CT molecular complexity index is 1380. The number of amidine groups is 1. The van der Waals surface area contributed by atoms with Crippen LogP contribution >= 0.6 is 0 Å². The van der Waals surface area contributed by atoms with Crippen LogP contribution in [0.4, 0.5) is 23.7 Å². The first kappa shape index (κ1) is 21.5. The first-order valence-corrected chi connectivity index (χ1v) is 11.2. The van der Waals surface area contributed by atoms with E-state index in [0.717, 1.165) is 27.6 Å². The van der Waals surface area contributed by atoms with Crippen LogP contribution in [0.1, 0.15) is 29.5 Å². The number of amides is 1. The number of halogens is 3.